The average Bonchev–Trinajstić information content (AvgIpc) is 3.21. The van der Waals surface area contributed by atoms with Crippen LogP contribution in [-0.2, 0) is 23.8 Å². The van der Waals surface area contributed by atoms with Gasteiger partial charge in [0, 0.05) is 13.5 Å². The zero-order chi connectivity index (χ0) is 18.4. The van der Waals surface area contributed by atoms with E-state index in [1.165, 1.54) is 6.92 Å². The minimum absolute atomic E-state index is 0.130. The molecule has 0 unspecified atom stereocenters. The Bertz CT molecular complexity index is 690. The van der Waals surface area contributed by atoms with Crippen LogP contribution in [0.2, 0.25) is 0 Å². The number of carbonyl (C=O) groups excluding carboxylic acids is 2. The molecule has 1 fully saturated rings. The molecule has 1 spiro atoms. The first kappa shape index (κ1) is 17.9. The molecule has 25 heavy (non-hydrogen) atoms. The normalized spacial score (nSPS) is 30.8. The van der Waals surface area contributed by atoms with E-state index in [0.29, 0.717) is 0 Å². The lowest BCUT2D eigenvalue weighted by Crippen LogP contribution is -2.35. The summed E-state index contributed by atoms with van der Waals surface area (Å²) in [5, 5.41) is 0. The molecule has 0 saturated carbocycles. The van der Waals surface area contributed by atoms with Gasteiger partial charge in [-0.05, 0) is 37.5 Å². The Morgan fingerprint density at radius 2 is 2.08 bits per heavy atom. The van der Waals surface area contributed by atoms with E-state index in [1.54, 1.807) is 20.8 Å². The van der Waals surface area contributed by atoms with Crippen LogP contribution in [0.5, 0.6) is 0 Å². The predicted octanol–water partition coefficient (Wildman–Crippen LogP) is 2.37. The van der Waals surface area contributed by atoms with Crippen molar-refractivity contribution in [3.05, 3.63) is 23.3 Å². The standard InChI is InChI=1S/C19H25NO5/c1-10(2)18(22)24-15(12(4)23-13(5)21)9-14-8-11(3)17-19(14)16(25-19)6-7-20-17/h8-10,12,15-16H,6-7H2,1-5H3/b14-9-/t12-,15-,16-,19+/m0/s1. The van der Waals surface area contributed by atoms with Crippen molar-refractivity contribution < 1.29 is 23.8 Å². The number of aliphatic imine (C=N–C) groups is 1. The number of hydrogen-bond donors (Lipinski definition) is 0. The Kier molecular flexibility index (Phi) is 4.58. The maximum atomic E-state index is 12.1. The molecule has 4 atom stereocenters. The highest BCUT2D eigenvalue weighted by atomic mass is 16.6. The molecule has 3 aliphatic rings. The molecule has 1 saturated heterocycles. The first-order valence-corrected chi connectivity index (χ1v) is 8.77. The molecule has 3 rings (SSSR count). The molecular formula is C19H25NO5. The van der Waals surface area contributed by atoms with Gasteiger partial charge in [-0.1, -0.05) is 19.9 Å². The Morgan fingerprint density at radius 3 is 2.72 bits per heavy atom. The van der Waals surface area contributed by atoms with E-state index in [4.69, 9.17) is 14.2 Å². The van der Waals surface area contributed by atoms with E-state index in [1.807, 2.05) is 19.1 Å². The number of esters is 2. The number of epoxide rings is 1. The van der Waals surface area contributed by atoms with Gasteiger partial charge in [-0.3, -0.25) is 14.6 Å². The molecule has 0 amide bonds. The second kappa shape index (κ2) is 6.41. The maximum absolute atomic E-state index is 12.1. The third kappa shape index (κ3) is 3.15. The summed E-state index contributed by atoms with van der Waals surface area (Å²) in [5.41, 5.74) is 2.50. The van der Waals surface area contributed by atoms with E-state index < -0.39 is 23.8 Å². The molecule has 6 heteroatoms. The van der Waals surface area contributed by atoms with Crippen LogP contribution in [0.3, 0.4) is 0 Å². The number of carbonyl (C=O) groups is 2. The summed E-state index contributed by atoms with van der Waals surface area (Å²) in [6, 6.07) is 0. The van der Waals surface area contributed by atoms with Crippen molar-refractivity contribution >= 4 is 17.7 Å². The largest absolute Gasteiger partial charge is 0.459 e. The van der Waals surface area contributed by atoms with Crippen LogP contribution in [0.15, 0.2) is 28.3 Å². The molecule has 1 aliphatic carbocycles. The van der Waals surface area contributed by atoms with Gasteiger partial charge in [-0.2, -0.15) is 0 Å². The summed E-state index contributed by atoms with van der Waals surface area (Å²) < 4.78 is 16.8. The Hall–Kier alpha value is -1.95. The van der Waals surface area contributed by atoms with Crippen molar-refractivity contribution in [1.82, 2.24) is 0 Å². The van der Waals surface area contributed by atoms with Gasteiger partial charge in [0.25, 0.3) is 0 Å². The number of hydrogen-bond acceptors (Lipinski definition) is 6. The SMILES string of the molecule is CC(=O)O[C@@H](C)[C@H](/C=C1/C=C(C)C2=NCC[C@@H]3O[C@]213)OC(=O)C(C)C. The van der Waals surface area contributed by atoms with E-state index in [9.17, 15) is 9.59 Å². The monoisotopic (exact) mass is 347 g/mol. The van der Waals surface area contributed by atoms with Crippen molar-refractivity contribution in [2.45, 2.75) is 65.0 Å². The highest BCUT2D eigenvalue weighted by Crippen LogP contribution is 2.54. The molecule has 0 aromatic carbocycles. The van der Waals surface area contributed by atoms with Crippen LogP contribution >= 0.6 is 0 Å². The van der Waals surface area contributed by atoms with Gasteiger partial charge in [0.05, 0.1) is 11.6 Å². The third-order valence-electron chi connectivity index (χ3n) is 4.79. The van der Waals surface area contributed by atoms with Gasteiger partial charge in [0.1, 0.15) is 12.2 Å². The molecule has 0 radical (unpaired) electrons. The Balaban J connectivity index is 1.90. The lowest BCUT2D eigenvalue weighted by atomic mass is 9.90. The van der Waals surface area contributed by atoms with E-state index >= 15 is 0 Å². The lowest BCUT2D eigenvalue weighted by Gasteiger charge is -2.23. The molecule has 0 bridgehead atoms. The molecule has 2 heterocycles. The Morgan fingerprint density at radius 1 is 1.36 bits per heavy atom. The fourth-order valence-corrected chi connectivity index (χ4v) is 3.50. The topological polar surface area (TPSA) is 77.5 Å². The van der Waals surface area contributed by atoms with Gasteiger partial charge < -0.3 is 14.2 Å². The zero-order valence-corrected chi connectivity index (χ0v) is 15.4. The molecular weight excluding hydrogens is 322 g/mol. The second-order valence-corrected chi connectivity index (χ2v) is 7.18. The molecule has 2 aliphatic heterocycles. The summed E-state index contributed by atoms with van der Waals surface area (Å²) in [5.74, 6) is -1.00. The zero-order valence-electron chi connectivity index (χ0n) is 15.4. The molecule has 0 aromatic rings. The molecule has 0 aromatic heterocycles. The second-order valence-electron chi connectivity index (χ2n) is 7.18. The van der Waals surface area contributed by atoms with Gasteiger partial charge in [-0.25, -0.2) is 0 Å². The maximum Gasteiger partial charge on any atom is 0.309 e. The minimum Gasteiger partial charge on any atom is -0.459 e. The van der Waals surface area contributed by atoms with Crippen LogP contribution in [-0.4, -0.2) is 48.1 Å². The summed E-state index contributed by atoms with van der Waals surface area (Å²) in [4.78, 5) is 28.0. The van der Waals surface area contributed by atoms with Crippen LogP contribution < -0.4 is 0 Å². The fraction of sp³-hybridized carbons (Fsp3) is 0.632. The van der Waals surface area contributed by atoms with Crippen molar-refractivity contribution in [1.29, 1.82) is 0 Å². The van der Waals surface area contributed by atoms with Gasteiger partial charge in [0.15, 0.2) is 11.7 Å². The molecule has 6 nitrogen and oxygen atoms in total. The highest BCUT2D eigenvalue weighted by molar-refractivity contribution is 6.15. The smallest absolute Gasteiger partial charge is 0.309 e. The molecule has 136 valence electrons. The summed E-state index contributed by atoms with van der Waals surface area (Å²) in [6.07, 6.45) is 3.65. The van der Waals surface area contributed by atoms with E-state index in [-0.39, 0.29) is 18.0 Å². The van der Waals surface area contributed by atoms with Crippen LogP contribution in [0, 0.1) is 5.92 Å². The van der Waals surface area contributed by atoms with Crippen molar-refractivity contribution in [2.24, 2.45) is 10.9 Å². The van der Waals surface area contributed by atoms with Crippen molar-refractivity contribution in [2.75, 3.05) is 6.54 Å². The lowest BCUT2D eigenvalue weighted by molar-refractivity contribution is -0.164. The third-order valence-corrected chi connectivity index (χ3v) is 4.79. The summed E-state index contributed by atoms with van der Waals surface area (Å²) in [6.45, 7) is 9.39. The van der Waals surface area contributed by atoms with E-state index in [0.717, 1.165) is 29.8 Å². The molecule has 0 N–H and O–H groups in total. The number of nitrogens with zero attached hydrogens (tertiary/aromatic N) is 1. The quantitative estimate of drug-likeness (QED) is 0.564. The van der Waals surface area contributed by atoms with Crippen LogP contribution in [0.4, 0.5) is 0 Å². The van der Waals surface area contributed by atoms with Gasteiger partial charge >= 0.3 is 11.9 Å². The first-order valence-electron chi connectivity index (χ1n) is 8.77. The van der Waals surface area contributed by atoms with Gasteiger partial charge in [0.2, 0.25) is 0 Å². The number of ether oxygens (including phenoxy) is 3. The van der Waals surface area contributed by atoms with Gasteiger partial charge in [-0.15, -0.1) is 0 Å². The average molecular weight is 347 g/mol. The minimum atomic E-state index is -0.668. The number of rotatable bonds is 5. The summed E-state index contributed by atoms with van der Waals surface area (Å²) in [7, 11) is 0. The van der Waals surface area contributed by atoms with Crippen LogP contribution in [0.25, 0.3) is 0 Å². The van der Waals surface area contributed by atoms with Crippen molar-refractivity contribution in [3.8, 4) is 0 Å². The van der Waals surface area contributed by atoms with Crippen LogP contribution in [0.1, 0.15) is 41.0 Å². The van der Waals surface area contributed by atoms with Crippen molar-refractivity contribution in [3.63, 3.8) is 0 Å². The predicted molar refractivity (Wildman–Crippen MR) is 92.3 cm³/mol. The van der Waals surface area contributed by atoms with E-state index in [2.05, 4.69) is 4.99 Å². The fourth-order valence-electron chi connectivity index (χ4n) is 3.50. The Labute approximate surface area is 147 Å². The summed E-state index contributed by atoms with van der Waals surface area (Å²) >= 11 is 0. The first-order chi connectivity index (χ1) is 11.8. The highest BCUT2D eigenvalue weighted by Gasteiger charge is 2.65.